The Labute approximate surface area is 171 Å². The minimum absolute atomic E-state index is 0.0785. The number of benzene rings is 1. The Kier molecular flexibility index (Phi) is 5.50. The molecule has 0 radical (unpaired) electrons. The second-order valence-electron chi connectivity index (χ2n) is 6.30. The van der Waals surface area contributed by atoms with Crippen LogP contribution in [-0.4, -0.2) is 66.6 Å². The van der Waals surface area contributed by atoms with Crippen molar-refractivity contribution in [1.29, 1.82) is 0 Å². The molecule has 29 heavy (non-hydrogen) atoms. The van der Waals surface area contributed by atoms with Crippen LogP contribution in [0.1, 0.15) is 0 Å². The summed E-state index contributed by atoms with van der Waals surface area (Å²) in [7, 11) is -2.11. The number of rotatable bonds is 6. The van der Waals surface area contributed by atoms with Crippen LogP contribution in [0.2, 0.25) is 0 Å². The van der Waals surface area contributed by atoms with E-state index in [1.807, 2.05) is 12.1 Å². The van der Waals surface area contributed by atoms with E-state index in [0.29, 0.717) is 24.1 Å². The van der Waals surface area contributed by atoms with E-state index in [9.17, 15) is 13.2 Å². The minimum atomic E-state index is -3.69. The lowest BCUT2D eigenvalue weighted by atomic mass is 10.3. The Balaban J connectivity index is 1.43. The molecule has 154 valence electrons. The van der Waals surface area contributed by atoms with Crippen LogP contribution >= 0.6 is 11.3 Å². The second kappa shape index (κ2) is 8.06. The molecule has 4 rings (SSSR count). The maximum absolute atomic E-state index is 12.6. The van der Waals surface area contributed by atoms with Crippen molar-refractivity contribution in [3.05, 3.63) is 30.7 Å². The van der Waals surface area contributed by atoms with Crippen LogP contribution in [-0.2, 0) is 26.1 Å². The molecule has 12 heteroatoms. The van der Waals surface area contributed by atoms with Gasteiger partial charge in [0, 0.05) is 19.3 Å². The molecule has 1 saturated heterocycles. The number of carbonyl (C=O) groups is 1. The predicted molar refractivity (Wildman–Crippen MR) is 107 cm³/mol. The molecule has 3 aromatic rings. The van der Waals surface area contributed by atoms with E-state index >= 15 is 0 Å². The highest BCUT2D eigenvalue weighted by molar-refractivity contribution is 7.89. The quantitative estimate of drug-likeness (QED) is 0.615. The number of morpholine rings is 1. The summed E-state index contributed by atoms with van der Waals surface area (Å²) in [4.78, 5) is 20.7. The first-order valence-corrected chi connectivity index (χ1v) is 11.1. The van der Waals surface area contributed by atoms with Crippen molar-refractivity contribution in [2.45, 2.75) is 11.6 Å². The first-order chi connectivity index (χ1) is 14.0. The van der Waals surface area contributed by atoms with E-state index in [4.69, 9.17) is 9.47 Å². The van der Waals surface area contributed by atoms with Crippen LogP contribution in [0.3, 0.4) is 0 Å². The van der Waals surface area contributed by atoms with Gasteiger partial charge < -0.3 is 19.4 Å². The van der Waals surface area contributed by atoms with Crippen LogP contribution in [0.25, 0.3) is 10.2 Å². The molecule has 1 fully saturated rings. The summed E-state index contributed by atoms with van der Waals surface area (Å²) in [5.74, 6) is 0.384. The molecule has 2 aromatic heterocycles. The van der Waals surface area contributed by atoms with Crippen molar-refractivity contribution >= 4 is 42.6 Å². The zero-order valence-corrected chi connectivity index (χ0v) is 17.2. The van der Waals surface area contributed by atoms with Gasteiger partial charge in [0.2, 0.25) is 5.91 Å². The van der Waals surface area contributed by atoms with E-state index in [-0.39, 0.29) is 30.6 Å². The summed E-state index contributed by atoms with van der Waals surface area (Å²) in [5.41, 5.74) is 0.757. The van der Waals surface area contributed by atoms with Gasteiger partial charge in [0.05, 0.1) is 36.9 Å². The number of hydrogen-bond acceptors (Lipinski definition) is 8. The van der Waals surface area contributed by atoms with Crippen LogP contribution < -0.4 is 10.1 Å². The summed E-state index contributed by atoms with van der Waals surface area (Å²) in [5, 5.41) is 3.11. The van der Waals surface area contributed by atoms with Gasteiger partial charge in [-0.2, -0.15) is 4.31 Å². The third kappa shape index (κ3) is 4.24. The number of ether oxygens (including phenoxy) is 2. The lowest BCUT2D eigenvalue weighted by Gasteiger charge is -2.24. The lowest BCUT2D eigenvalue weighted by molar-refractivity contribution is -0.116. The average Bonchev–Trinajstić information content (AvgIpc) is 3.34. The molecule has 1 N–H and O–H groups in total. The molecule has 0 aliphatic carbocycles. The van der Waals surface area contributed by atoms with Gasteiger partial charge in [-0.3, -0.25) is 4.79 Å². The van der Waals surface area contributed by atoms with Crippen LogP contribution in [0.5, 0.6) is 5.75 Å². The van der Waals surface area contributed by atoms with E-state index in [2.05, 4.69) is 15.3 Å². The van der Waals surface area contributed by atoms with Gasteiger partial charge in [-0.25, -0.2) is 18.4 Å². The number of fused-ring (bicyclic) bond motifs is 1. The maximum atomic E-state index is 12.6. The minimum Gasteiger partial charge on any atom is -0.497 e. The molecular weight excluding hydrogens is 418 g/mol. The monoisotopic (exact) mass is 437 g/mol. The number of carbonyl (C=O) groups excluding carboxylic acids is 1. The van der Waals surface area contributed by atoms with Gasteiger partial charge in [0.15, 0.2) is 10.2 Å². The van der Waals surface area contributed by atoms with E-state index in [0.717, 1.165) is 10.2 Å². The summed E-state index contributed by atoms with van der Waals surface area (Å²) >= 11 is 1.33. The number of amides is 1. The van der Waals surface area contributed by atoms with Crippen molar-refractivity contribution in [3.8, 4) is 5.75 Å². The molecule has 1 aliphatic heterocycles. The van der Waals surface area contributed by atoms with Crippen LogP contribution in [0.15, 0.2) is 35.7 Å². The first-order valence-electron chi connectivity index (χ1n) is 8.80. The summed E-state index contributed by atoms with van der Waals surface area (Å²) in [6.07, 6.45) is 2.68. The van der Waals surface area contributed by atoms with Crippen molar-refractivity contribution in [2.75, 3.05) is 38.7 Å². The number of nitrogens with one attached hydrogen (secondary N) is 1. The second-order valence-corrected chi connectivity index (χ2v) is 9.22. The average molecular weight is 438 g/mol. The fourth-order valence-electron chi connectivity index (χ4n) is 2.89. The third-order valence-corrected chi connectivity index (χ3v) is 7.07. The fourth-order valence-corrected chi connectivity index (χ4v) is 5.14. The molecule has 3 heterocycles. The summed E-state index contributed by atoms with van der Waals surface area (Å²) < 4.78 is 39.2. The lowest BCUT2D eigenvalue weighted by Crippen LogP contribution is -2.40. The maximum Gasteiger partial charge on any atom is 0.262 e. The normalized spacial score (nSPS) is 15.5. The Hall–Kier alpha value is -2.54. The standard InChI is InChI=1S/C17H19N5O5S2/c1-26-12-2-3-13-14(8-12)28-17(19-13)20-15(23)9-21-10-16(18-11-21)29(24,25)22-4-6-27-7-5-22/h2-3,8,10-11H,4-7,9H2,1H3,(H,19,20,23). The highest BCUT2D eigenvalue weighted by Crippen LogP contribution is 2.29. The third-order valence-electron chi connectivity index (χ3n) is 4.35. The topological polar surface area (TPSA) is 116 Å². The van der Waals surface area contributed by atoms with E-state index in [1.54, 1.807) is 13.2 Å². The molecule has 1 aromatic carbocycles. The Morgan fingerprint density at radius 1 is 1.34 bits per heavy atom. The number of sulfonamides is 1. The Bertz CT molecular complexity index is 1130. The number of imidazole rings is 1. The van der Waals surface area contributed by atoms with Gasteiger partial charge in [-0.1, -0.05) is 11.3 Å². The summed E-state index contributed by atoms with van der Waals surface area (Å²) in [6.45, 7) is 1.22. The van der Waals surface area contributed by atoms with Crippen molar-refractivity contribution < 1.29 is 22.7 Å². The van der Waals surface area contributed by atoms with E-state index in [1.165, 1.54) is 32.7 Å². The van der Waals surface area contributed by atoms with Gasteiger partial charge in [-0.15, -0.1) is 0 Å². The zero-order valence-electron chi connectivity index (χ0n) is 15.6. The molecule has 0 atom stereocenters. The SMILES string of the molecule is COc1ccc2nc(NC(=O)Cn3cnc(S(=O)(=O)N4CCOCC4)c3)sc2c1. The van der Waals surface area contributed by atoms with Gasteiger partial charge in [0.25, 0.3) is 10.0 Å². The van der Waals surface area contributed by atoms with E-state index < -0.39 is 10.0 Å². The number of thiazole rings is 1. The highest BCUT2D eigenvalue weighted by atomic mass is 32.2. The fraction of sp³-hybridized carbons (Fsp3) is 0.353. The van der Waals surface area contributed by atoms with Gasteiger partial charge in [-0.05, 0) is 18.2 Å². The molecule has 1 aliphatic rings. The highest BCUT2D eigenvalue weighted by Gasteiger charge is 2.28. The molecule has 0 spiro atoms. The van der Waals surface area contributed by atoms with Crippen LogP contribution in [0.4, 0.5) is 5.13 Å². The van der Waals surface area contributed by atoms with Crippen molar-refractivity contribution in [3.63, 3.8) is 0 Å². The summed E-state index contributed by atoms with van der Waals surface area (Å²) in [6, 6.07) is 5.47. The van der Waals surface area contributed by atoms with Gasteiger partial charge in [0.1, 0.15) is 12.3 Å². The first kappa shape index (κ1) is 19.8. The molecule has 10 nitrogen and oxygen atoms in total. The number of aromatic nitrogens is 3. The van der Waals surface area contributed by atoms with Crippen LogP contribution in [0, 0.1) is 0 Å². The zero-order chi connectivity index (χ0) is 20.4. The number of nitrogens with zero attached hydrogens (tertiary/aromatic N) is 4. The Morgan fingerprint density at radius 3 is 2.90 bits per heavy atom. The molecule has 0 saturated carbocycles. The number of anilines is 1. The number of hydrogen-bond donors (Lipinski definition) is 1. The molecule has 0 unspecified atom stereocenters. The largest absolute Gasteiger partial charge is 0.497 e. The van der Waals surface area contributed by atoms with Crippen molar-refractivity contribution in [2.24, 2.45) is 0 Å². The smallest absolute Gasteiger partial charge is 0.262 e. The number of methoxy groups -OCH3 is 1. The molecular formula is C17H19N5O5S2. The Morgan fingerprint density at radius 2 is 2.14 bits per heavy atom. The molecule has 0 bridgehead atoms. The predicted octanol–water partition coefficient (Wildman–Crippen LogP) is 1.16. The van der Waals surface area contributed by atoms with Gasteiger partial charge >= 0.3 is 0 Å². The van der Waals surface area contributed by atoms with Crippen molar-refractivity contribution in [1.82, 2.24) is 18.8 Å². The molecule has 1 amide bonds.